The first kappa shape index (κ1) is 43.0. The Bertz CT molecular complexity index is 2090. The average molecular weight is 832 g/mol. The summed E-state index contributed by atoms with van der Waals surface area (Å²) in [7, 11) is -4.09. The molecule has 0 bridgehead atoms. The normalized spacial score (nSPS) is 29.5. The van der Waals surface area contributed by atoms with Crippen LogP contribution in [0.25, 0.3) is 10.8 Å². The molecule has 3 N–H and O–H groups in total. The first-order valence-corrected chi connectivity index (χ1v) is 21.5. The minimum Gasteiger partial charge on any atom is -0.478 e. The zero-order valence-corrected chi connectivity index (χ0v) is 34.9. The number of rotatable bonds is 10. The third kappa shape index (κ3) is 8.19. The van der Waals surface area contributed by atoms with Gasteiger partial charge in [0.15, 0.2) is 0 Å². The zero-order valence-electron chi connectivity index (χ0n) is 34.1. The maximum Gasteiger partial charge on any atom is 0.408 e. The van der Waals surface area contributed by atoms with E-state index in [2.05, 4.69) is 15.0 Å². The second kappa shape index (κ2) is 15.6. The molecule has 2 aliphatic heterocycles. The summed E-state index contributed by atoms with van der Waals surface area (Å²) < 4.78 is 70.5. The van der Waals surface area contributed by atoms with Gasteiger partial charge in [-0.15, -0.1) is 0 Å². The number of hydrogen-bond acceptors (Lipinski definition) is 9. The lowest BCUT2D eigenvalue weighted by molar-refractivity contribution is -0.156. The number of hydrogen-bond donors (Lipinski definition) is 3. The third-order valence-corrected chi connectivity index (χ3v) is 14.8. The van der Waals surface area contributed by atoms with Crippen molar-refractivity contribution in [2.45, 2.75) is 133 Å². The summed E-state index contributed by atoms with van der Waals surface area (Å²) >= 11 is 0. The SMILES string of the molecule is CCOc1cc2ccccc2c(O[C@@H]2C[C@H]3C(=O)N[C@]4(C(=O)NS(=O)(=O)C5(C)CC5)C[C@H]4/C=C\CC[C@H](C)C[C@@H](C)[C@H](N(C(=O)O)C(C)(C)C(C)(F)F)C(=O)N3C2)n1. The van der Waals surface area contributed by atoms with Gasteiger partial charge in [0, 0.05) is 30.7 Å². The van der Waals surface area contributed by atoms with Gasteiger partial charge in [-0.25, -0.2) is 22.0 Å². The van der Waals surface area contributed by atoms with Crippen LogP contribution in [0.15, 0.2) is 42.5 Å². The summed E-state index contributed by atoms with van der Waals surface area (Å²) in [5, 5.41) is 14.8. The molecule has 7 atom stereocenters. The van der Waals surface area contributed by atoms with E-state index in [1.54, 1.807) is 45.0 Å². The van der Waals surface area contributed by atoms with Crippen molar-refractivity contribution in [1.82, 2.24) is 24.8 Å². The molecule has 1 aromatic carbocycles. The van der Waals surface area contributed by atoms with E-state index < -0.39 is 85.6 Å². The number of nitrogens with one attached hydrogen (secondary N) is 2. The molecular formula is C41H55F2N5O9S. The molecule has 4 amide bonds. The summed E-state index contributed by atoms with van der Waals surface area (Å²) in [6.45, 7) is 9.70. The number of carboxylic acid groups (broad SMARTS) is 1. The number of benzene rings is 1. The van der Waals surface area contributed by atoms with Crippen molar-refractivity contribution >= 4 is 44.6 Å². The number of alkyl halides is 2. The number of amides is 4. The molecule has 4 aliphatic rings. The van der Waals surface area contributed by atoms with E-state index in [4.69, 9.17) is 9.47 Å². The molecule has 0 radical (unpaired) electrons. The Morgan fingerprint density at radius 3 is 2.47 bits per heavy atom. The molecule has 17 heteroatoms. The van der Waals surface area contributed by atoms with Crippen LogP contribution < -0.4 is 19.5 Å². The summed E-state index contributed by atoms with van der Waals surface area (Å²) in [4.78, 5) is 63.1. The summed E-state index contributed by atoms with van der Waals surface area (Å²) in [6.07, 6.45) is 3.07. The number of pyridine rings is 1. The molecule has 58 heavy (non-hydrogen) atoms. The molecule has 2 saturated carbocycles. The highest BCUT2D eigenvalue weighted by Crippen LogP contribution is 2.48. The van der Waals surface area contributed by atoms with Crippen LogP contribution in [0.1, 0.15) is 93.4 Å². The first-order chi connectivity index (χ1) is 27.0. The van der Waals surface area contributed by atoms with Gasteiger partial charge in [-0.05, 0) is 89.5 Å². The number of nitrogens with zero attached hydrogens (tertiary/aromatic N) is 3. The van der Waals surface area contributed by atoms with Crippen LogP contribution in [0.2, 0.25) is 0 Å². The number of fused-ring (bicyclic) bond motifs is 3. The summed E-state index contributed by atoms with van der Waals surface area (Å²) in [5.41, 5.74) is -4.04. The van der Waals surface area contributed by atoms with E-state index in [9.17, 15) is 27.9 Å². The number of halogens is 2. The molecule has 14 nitrogen and oxygen atoms in total. The van der Waals surface area contributed by atoms with E-state index in [1.807, 2.05) is 25.1 Å². The van der Waals surface area contributed by atoms with Gasteiger partial charge in [-0.2, -0.15) is 4.98 Å². The lowest BCUT2D eigenvalue weighted by atomic mass is 9.84. The van der Waals surface area contributed by atoms with Crippen molar-refractivity contribution < 1.29 is 51.0 Å². The Labute approximate surface area is 338 Å². The molecule has 1 aromatic heterocycles. The molecule has 6 rings (SSSR count). The molecule has 0 unspecified atom stereocenters. The highest BCUT2D eigenvalue weighted by Gasteiger charge is 2.63. The Balaban J connectivity index is 1.43. The van der Waals surface area contributed by atoms with E-state index in [0.29, 0.717) is 49.5 Å². The van der Waals surface area contributed by atoms with Crippen molar-refractivity contribution in [2.75, 3.05) is 13.2 Å². The number of carbonyl (C=O) groups excluding carboxylic acids is 3. The van der Waals surface area contributed by atoms with E-state index in [-0.39, 0.29) is 43.5 Å². The van der Waals surface area contributed by atoms with Crippen LogP contribution in [0.3, 0.4) is 0 Å². The van der Waals surface area contributed by atoms with Gasteiger partial charge >= 0.3 is 6.09 Å². The van der Waals surface area contributed by atoms with Crippen molar-refractivity contribution in [2.24, 2.45) is 17.8 Å². The summed E-state index contributed by atoms with van der Waals surface area (Å²) in [6, 6.07) is 5.95. The van der Waals surface area contributed by atoms with E-state index in [1.165, 1.54) is 0 Å². The fraction of sp³-hybridized carbons (Fsp3) is 0.634. The number of ether oxygens (including phenoxy) is 2. The minimum absolute atomic E-state index is 0.0931. The Morgan fingerprint density at radius 1 is 1.14 bits per heavy atom. The predicted molar refractivity (Wildman–Crippen MR) is 211 cm³/mol. The molecule has 1 saturated heterocycles. The molecule has 3 fully saturated rings. The van der Waals surface area contributed by atoms with Crippen molar-refractivity contribution in [3.05, 3.63) is 42.5 Å². The molecule has 3 heterocycles. The lowest BCUT2D eigenvalue weighted by Gasteiger charge is -2.47. The number of carbonyl (C=O) groups is 4. The van der Waals surface area contributed by atoms with Crippen LogP contribution >= 0.6 is 0 Å². The highest BCUT2D eigenvalue weighted by molar-refractivity contribution is 7.91. The fourth-order valence-electron chi connectivity index (χ4n) is 8.27. The maximum absolute atomic E-state index is 15.4. The van der Waals surface area contributed by atoms with Crippen LogP contribution in [-0.2, 0) is 24.4 Å². The second-order valence-electron chi connectivity index (χ2n) is 17.4. The van der Waals surface area contributed by atoms with E-state index >= 15 is 13.6 Å². The van der Waals surface area contributed by atoms with Crippen molar-refractivity contribution in [3.8, 4) is 11.8 Å². The maximum atomic E-state index is 15.4. The zero-order chi connectivity index (χ0) is 42.6. The third-order valence-electron chi connectivity index (χ3n) is 12.6. The Kier molecular flexibility index (Phi) is 11.6. The second-order valence-corrected chi connectivity index (χ2v) is 19.6. The summed E-state index contributed by atoms with van der Waals surface area (Å²) in [5.74, 6) is -7.20. The smallest absolute Gasteiger partial charge is 0.408 e. The monoisotopic (exact) mass is 831 g/mol. The molecule has 318 valence electrons. The van der Waals surface area contributed by atoms with Crippen LogP contribution in [0.5, 0.6) is 11.8 Å². The molecular weight excluding hydrogens is 777 g/mol. The average Bonchev–Trinajstić information content (AvgIpc) is 4.01. The van der Waals surface area contributed by atoms with Gasteiger partial charge in [0.1, 0.15) is 29.3 Å². The highest BCUT2D eigenvalue weighted by atomic mass is 32.2. The molecule has 2 aliphatic carbocycles. The van der Waals surface area contributed by atoms with Crippen LogP contribution in [0.4, 0.5) is 13.6 Å². The van der Waals surface area contributed by atoms with Crippen LogP contribution in [-0.4, -0.2) is 105 Å². The molecule has 2 aromatic rings. The Morgan fingerprint density at radius 2 is 1.83 bits per heavy atom. The van der Waals surface area contributed by atoms with Gasteiger partial charge in [0.2, 0.25) is 33.6 Å². The van der Waals surface area contributed by atoms with Gasteiger partial charge < -0.3 is 24.8 Å². The van der Waals surface area contributed by atoms with Gasteiger partial charge in [-0.1, -0.05) is 44.2 Å². The van der Waals surface area contributed by atoms with Gasteiger partial charge in [0.25, 0.3) is 11.8 Å². The number of aromatic nitrogens is 1. The van der Waals surface area contributed by atoms with Crippen molar-refractivity contribution in [3.63, 3.8) is 0 Å². The first-order valence-electron chi connectivity index (χ1n) is 20.0. The Hall–Kier alpha value is -4.54. The fourth-order valence-corrected chi connectivity index (χ4v) is 9.58. The predicted octanol–water partition coefficient (Wildman–Crippen LogP) is 5.65. The standard InChI is InChI=1S/C41H55F2N5O9S/c1-8-56-31-20-26-14-10-12-16-29(26)34(44-31)57-28-21-30-33(49)45-41(36(51)46-58(54,55)39(6)17-18-39)22-27(41)15-11-9-13-24(2)19-25(3)32(35(50)47(30)23-28)48(37(52)53)38(4,5)40(7,42)43/h10-12,14-16,20,24-25,27-28,30,32H,8-9,13,17-19,21-23H2,1-7H3,(H,45,49)(H,46,51)(H,52,53)/b15-11-/t24-,25+,27+,28+,30-,32-,41+/m0/s1. The van der Waals surface area contributed by atoms with Gasteiger partial charge in [-0.3, -0.25) is 24.0 Å². The minimum atomic E-state index is -4.09. The topological polar surface area (TPSA) is 185 Å². The quantitative estimate of drug-likeness (QED) is 0.253. The number of sulfonamides is 1. The van der Waals surface area contributed by atoms with Crippen molar-refractivity contribution in [1.29, 1.82) is 0 Å². The largest absolute Gasteiger partial charge is 0.478 e. The lowest BCUT2D eigenvalue weighted by Crippen LogP contribution is -2.66. The number of allylic oxidation sites excluding steroid dienone is 1. The van der Waals surface area contributed by atoms with E-state index in [0.717, 1.165) is 24.1 Å². The molecule has 0 spiro atoms. The van der Waals surface area contributed by atoms with Gasteiger partial charge in [0.05, 0.1) is 17.9 Å². The van der Waals surface area contributed by atoms with Crippen LogP contribution in [0, 0.1) is 17.8 Å².